The number of carbonyl (C=O) groups is 1. The topological polar surface area (TPSA) is 138 Å². The van der Waals surface area contributed by atoms with Gasteiger partial charge in [0, 0.05) is 30.2 Å². The first-order valence-corrected chi connectivity index (χ1v) is 8.10. The molecule has 1 N–H and O–H groups in total. The molecule has 0 aliphatic rings. The van der Waals surface area contributed by atoms with Gasteiger partial charge in [0.05, 0.1) is 11.5 Å². The van der Waals surface area contributed by atoms with Crippen LogP contribution in [0.15, 0.2) is 53.6 Å². The molecule has 9 nitrogen and oxygen atoms in total. The summed E-state index contributed by atoms with van der Waals surface area (Å²) in [6.07, 6.45) is 1.34. The van der Waals surface area contributed by atoms with Crippen LogP contribution in [0.3, 0.4) is 0 Å². The summed E-state index contributed by atoms with van der Waals surface area (Å²) in [7, 11) is 1.00. The summed E-state index contributed by atoms with van der Waals surface area (Å²) in [6, 6.07) is 12.5. The highest BCUT2D eigenvalue weighted by atomic mass is 16.6. The van der Waals surface area contributed by atoms with E-state index in [1.165, 1.54) is 18.2 Å². The second-order valence-electron chi connectivity index (χ2n) is 5.14. The normalized spacial score (nSPS) is 9.41. The fourth-order valence-electron chi connectivity index (χ4n) is 2.21. The molecule has 2 aromatic carbocycles. The lowest BCUT2D eigenvalue weighted by Crippen LogP contribution is -2.06. The number of aliphatic hydroxyl groups is 1. The molecule has 0 aromatic heterocycles. The number of azide groups is 1. The van der Waals surface area contributed by atoms with E-state index in [-0.39, 0.29) is 11.3 Å². The van der Waals surface area contributed by atoms with Crippen LogP contribution in [-0.4, -0.2) is 36.1 Å². The third kappa shape index (κ3) is 6.77. The largest absolute Gasteiger partial charge is 0.494 e. The number of aliphatic hydroxyl groups excluding tert-OH is 1. The average Bonchev–Trinajstić information content (AvgIpc) is 2.72. The number of ether oxygens (including phenoxy) is 1. The second kappa shape index (κ2) is 12.0. The Balaban J connectivity index is 0.00000176. The first kappa shape index (κ1) is 21.6. The summed E-state index contributed by atoms with van der Waals surface area (Å²) in [6.45, 7) is 0.746. The van der Waals surface area contributed by atoms with Crippen molar-refractivity contribution in [3.05, 3.63) is 80.2 Å². The first-order chi connectivity index (χ1) is 13.1. The van der Waals surface area contributed by atoms with Crippen LogP contribution in [0.5, 0.6) is 5.75 Å². The maximum absolute atomic E-state index is 12.6. The number of rotatable bonds is 9. The Labute approximate surface area is 156 Å². The summed E-state index contributed by atoms with van der Waals surface area (Å²) in [4.78, 5) is 25.8. The van der Waals surface area contributed by atoms with Crippen molar-refractivity contribution in [3.63, 3.8) is 0 Å². The van der Waals surface area contributed by atoms with Crippen LogP contribution < -0.4 is 4.74 Å². The zero-order valence-corrected chi connectivity index (χ0v) is 14.8. The van der Waals surface area contributed by atoms with Gasteiger partial charge in [0.15, 0.2) is 5.78 Å². The van der Waals surface area contributed by atoms with Gasteiger partial charge in [0.25, 0.3) is 5.69 Å². The molecule has 0 atom stereocenters. The number of nitrogens with zero attached hydrogens (tertiary/aromatic N) is 4. The quantitative estimate of drug-likeness (QED) is 0.135. The molecule has 2 rings (SSSR count). The van der Waals surface area contributed by atoms with Crippen molar-refractivity contribution in [3.8, 4) is 5.75 Å². The van der Waals surface area contributed by atoms with Crippen molar-refractivity contribution in [2.24, 2.45) is 5.11 Å². The van der Waals surface area contributed by atoms with Crippen molar-refractivity contribution in [1.29, 1.82) is 0 Å². The number of benzene rings is 2. The Bertz CT molecular complexity index is 805. The molecule has 0 saturated heterocycles. The van der Waals surface area contributed by atoms with Crippen molar-refractivity contribution in [1.82, 2.24) is 0 Å². The van der Waals surface area contributed by atoms with E-state index in [4.69, 9.17) is 15.4 Å². The molecular formula is C18H20N4O5. The number of hydrogen-bond acceptors (Lipinski definition) is 6. The summed E-state index contributed by atoms with van der Waals surface area (Å²) in [5.41, 5.74) is 8.29. The molecule has 0 bridgehead atoms. The van der Waals surface area contributed by atoms with Gasteiger partial charge in [0.1, 0.15) is 11.3 Å². The lowest BCUT2D eigenvalue weighted by atomic mass is 10.0. The van der Waals surface area contributed by atoms with Gasteiger partial charge in [-0.1, -0.05) is 35.4 Å². The fraction of sp³-hybridized carbons (Fsp3) is 0.278. The van der Waals surface area contributed by atoms with Gasteiger partial charge < -0.3 is 9.84 Å². The zero-order chi connectivity index (χ0) is 20.1. The molecule has 0 unspecified atom stereocenters. The zero-order valence-electron chi connectivity index (χ0n) is 14.8. The molecular weight excluding hydrogens is 352 g/mol. The fourth-order valence-corrected chi connectivity index (χ4v) is 2.21. The van der Waals surface area contributed by atoms with Crippen LogP contribution in [0, 0.1) is 10.1 Å². The molecule has 2 aromatic rings. The summed E-state index contributed by atoms with van der Waals surface area (Å²) < 4.78 is 5.54. The minimum atomic E-state index is -0.583. The maximum Gasteiger partial charge on any atom is 0.280 e. The minimum absolute atomic E-state index is 0.0113. The Morgan fingerprint density at radius 3 is 2.56 bits per heavy atom. The molecule has 0 aliphatic heterocycles. The number of hydrogen-bond donors (Lipinski definition) is 1. The van der Waals surface area contributed by atoms with Crippen LogP contribution in [0.2, 0.25) is 0 Å². The number of unbranched alkanes of at least 4 members (excludes halogenated alkanes) is 1. The predicted octanol–water partition coefficient (Wildman–Crippen LogP) is 3.90. The SMILES string of the molecule is CO.[N-]=[N+]=NCCCCOc1ccc([N+](=O)[O-])c(C(=O)c2ccccc2)c1. The van der Waals surface area contributed by atoms with Crippen LogP contribution >= 0.6 is 0 Å². The van der Waals surface area contributed by atoms with Gasteiger partial charge in [-0.15, -0.1) is 0 Å². The molecule has 0 aliphatic carbocycles. The van der Waals surface area contributed by atoms with Gasteiger partial charge in [0.2, 0.25) is 0 Å². The molecule has 0 saturated carbocycles. The smallest absolute Gasteiger partial charge is 0.280 e. The Kier molecular flexibility index (Phi) is 9.62. The first-order valence-electron chi connectivity index (χ1n) is 8.10. The number of nitro groups is 1. The van der Waals surface area contributed by atoms with Crippen LogP contribution in [0.4, 0.5) is 5.69 Å². The molecule has 0 radical (unpaired) electrons. The predicted molar refractivity (Wildman–Crippen MR) is 99.9 cm³/mol. The third-order valence-electron chi connectivity index (χ3n) is 3.43. The van der Waals surface area contributed by atoms with E-state index in [1.807, 2.05) is 0 Å². The highest BCUT2D eigenvalue weighted by Gasteiger charge is 2.22. The summed E-state index contributed by atoms with van der Waals surface area (Å²) in [5, 5.41) is 21.6. The maximum atomic E-state index is 12.6. The van der Waals surface area contributed by atoms with Gasteiger partial charge in [-0.05, 0) is 30.5 Å². The van der Waals surface area contributed by atoms with Crippen LogP contribution in [-0.2, 0) is 0 Å². The standard InChI is InChI=1S/C17H16N4O4.CH4O/c18-20-19-10-4-5-11-25-14-8-9-16(21(23)24)15(12-14)17(22)13-6-2-1-3-7-13;1-2/h1-3,6-9,12H,4-5,10-11H2;2H,1H3. The van der Waals surface area contributed by atoms with Gasteiger partial charge >= 0.3 is 0 Å². The lowest BCUT2D eigenvalue weighted by molar-refractivity contribution is -0.385. The Hall–Kier alpha value is -3.42. The lowest BCUT2D eigenvalue weighted by Gasteiger charge is -2.08. The molecule has 9 heteroatoms. The molecule has 0 fully saturated rings. The van der Waals surface area contributed by atoms with Crippen molar-refractivity contribution < 1.29 is 19.6 Å². The van der Waals surface area contributed by atoms with E-state index >= 15 is 0 Å². The number of carbonyl (C=O) groups excluding carboxylic acids is 1. The van der Waals surface area contributed by atoms with Crippen molar-refractivity contribution in [2.45, 2.75) is 12.8 Å². The van der Waals surface area contributed by atoms with E-state index in [9.17, 15) is 14.9 Å². The van der Waals surface area contributed by atoms with Gasteiger partial charge in [-0.25, -0.2) is 0 Å². The Morgan fingerprint density at radius 2 is 1.93 bits per heavy atom. The molecule has 142 valence electrons. The molecule has 0 heterocycles. The summed E-state index contributed by atoms with van der Waals surface area (Å²) in [5.74, 6) is -0.0465. The molecule has 0 amide bonds. The Morgan fingerprint density at radius 1 is 1.22 bits per heavy atom. The van der Waals surface area contributed by atoms with E-state index in [0.717, 1.165) is 7.11 Å². The number of nitro benzene ring substituents is 1. The van der Waals surface area contributed by atoms with E-state index in [2.05, 4.69) is 10.0 Å². The van der Waals surface area contributed by atoms with Gasteiger partial charge in [-0.3, -0.25) is 14.9 Å². The second-order valence-corrected chi connectivity index (χ2v) is 5.14. The minimum Gasteiger partial charge on any atom is -0.494 e. The average molecular weight is 372 g/mol. The van der Waals surface area contributed by atoms with E-state index in [0.29, 0.717) is 37.3 Å². The van der Waals surface area contributed by atoms with E-state index < -0.39 is 10.7 Å². The van der Waals surface area contributed by atoms with E-state index in [1.54, 1.807) is 30.3 Å². The van der Waals surface area contributed by atoms with Gasteiger partial charge in [-0.2, -0.15) is 0 Å². The molecule has 27 heavy (non-hydrogen) atoms. The van der Waals surface area contributed by atoms with Crippen LogP contribution in [0.1, 0.15) is 28.8 Å². The number of ketones is 1. The van der Waals surface area contributed by atoms with Crippen LogP contribution in [0.25, 0.3) is 10.4 Å². The summed E-state index contributed by atoms with van der Waals surface area (Å²) >= 11 is 0. The van der Waals surface area contributed by atoms with Crippen molar-refractivity contribution in [2.75, 3.05) is 20.3 Å². The highest BCUT2D eigenvalue weighted by Crippen LogP contribution is 2.26. The monoisotopic (exact) mass is 372 g/mol. The molecule has 0 spiro atoms. The third-order valence-corrected chi connectivity index (χ3v) is 3.43. The van der Waals surface area contributed by atoms with Crippen molar-refractivity contribution >= 4 is 11.5 Å². The highest BCUT2D eigenvalue weighted by molar-refractivity contribution is 6.11.